The molecule has 1 aromatic heterocycles. The summed E-state index contributed by atoms with van der Waals surface area (Å²) >= 11 is 1.52. The van der Waals surface area contributed by atoms with Crippen LogP contribution in [0.1, 0.15) is 37.2 Å². The zero-order chi connectivity index (χ0) is 22.0. The fourth-order valence-corrected chi connectivity index (χ4v) is 5.11. The third-order valence-electron chi connectivity index (χ3n) is 6.01. The van der Waals surface area contributed by atoms with Crippen molar-refractivity contribution in [3.05, 3.63) is 42.2 Å². The number of hydrogen-bond acceptors (Lipinski definition) is 5. The van der Waals surface area contributed by atoms with Crippen LogP contribution in [0.4, 0.5) is 0 Å². The summed E-state index contributed by atoms with van der Waals surface area (Å²) in [5.41, 5.74) is 1.49. The SMILES string of the molecule is CSc1ncc(C(=O)N2CCC(C(=O)N3CC(C)OC(C)C3)CC2)n1-c1ccccc1. The van der Waals surface area contributed by atoms with Crippen LogP contribution in [-0.2, 0) is 9.53 Å². The molecule has 0 saturated carbocycles. The number of aromatic nitrogens is 2. The lowest BCUT2D eigenvalue weighted by molar-refractivity contribution is -0.148. The highest BCUT2D eigenvalue weighted by Gasteiger charge is 2.34. The second-order valence-corrected chi connectivity index (χ2v) is 9.14. The van der Waals surface area contributed by atoms with Crippen molar-refractivity contribution in [3.8, 4) is 5.69 Å². The summed E-state index contributed by atoms with van der Waals surface area (Å²) in [5.74, 6) is 0.145. The van der Waals surface area contributed by atoms with Crippen molar-refractivity contribution in [2.45, 2.75) is 44.1 Å². The Balaban J connectivity index is 1.43. The van der Waals surface area contributed by atoms with Crippen molar-refractivity contribution in [3.63, 3.8) is 0 Å². The Kier molecular flexibility index (Phi) is 6.67. The van der Waals surface area contributed by atoms with Gasteiger partial charge in [0.05, 0.1) is 18.4 Å². The first-order valence-electron chi connectivity index (χ1n) is 10.9. The maximum atomic E-state index is 13.3. The standard InChI is InChI=1S/C23H30N4O3S/c1-16-14-26(15-17(2)30-16)21(28)18-9-11-25(12-10-18)22(29)20-13-24-23(31-3)27(20)19-7-5-4-6-8-19/h4-8,13,16-18H,9-12,14-15H2,1-3H3. The van der Waals surface area contributed by atoms with Gasteiger partial charge in [0.15, 0.2) is 5.16 Å². The van der Waals surface area contributed by atoms with Gasteiger partial charge in [0.25, 0.3) is 5.91 Å². The van der Waals surface area contributed by atoms with E-state index in [1.165, 1.54) is 11.8 Å². The number of piperidine rings is 1. The second kappa shape index (κ2) is 9.44. The van der Waals surface area contributed by atoms with Gasteiger partial charge >= 0.3 is 0 Å². The first kappa shape index (κ1) is 21.9. The summed E-state index contributed by atoms with van der Waals surface area (Å²) < 4.78 is 7.67. The van der Waals surface area contributed by atoms with E-state index in [4.69, 9.17) is 4.74 Å². The summed E-state index contributed by atoms with van der Waals surface area (Å²) in [7, 11) is 0. The van der Waals surface area contributed by atoms with Crippen molar-refractivity contribution in [1.82, 2.24) is 19.4 Å². The fraction of sp³-hybridized carbons (Fsp3) is 0.522. The number of nitrogens with zero attached hydrogens (tertiary/aromatic N) is 4. The van der Waals surface area contributed by atoms with E-state index >= 15 is 0 Å². The monoisotopic (exact) mass is 442 g/mol. The lowest BCUT2D eigenvalue weighted by Crippen LogP contribution is -2.51. The minimum atomic E-state index is -0.0313. The molecule has 2 aliphatic heterocycles. The number of hydrogen-bond donors (Lipinski definition) is 0. The van der Waals surface area contributed by atoms with Crippen LogP contribution < -0.4 is 0 Å². The summed E-state index contributed by atoms with van der Waals surface area (Å²) in [6.07, 6.45) is 5.14. The molecule has 0 aliphatic carbocycles. The first-order valence-corrected chi connectivity index (χ1v) is 12.1. The van der Waals surface area contributed by atoms with Crippen molar-refractivity contribution in [1.29, 1.82) is 0 Å². The number of morpholine rings is 1. The molecule has 0 bridgehead atoms. The van der Waals surface area contributed by atoms with Crippen LogP contribution in [0.2, 0.25) is 0 Å². The fourth-order valence-electron chi connectivity index (χ4n) is 4.56. The Morgan fingerprint density at radius 3 is 2.29 bits per heavy atom. The van der Waals surface area contributed by atoms with Gasteiger partial charge in [-0.3, -0.25) is 14.2 Å². The van der Waals surface area contributed by atoms with Crippen LogP contribution in [0.3, 0.4) is 0 Å². The Hall–Kier alpha value is -2.32. The molecule has 31 heavy (non-hydrogen) atoms. The lowest BCUT2D eigenvalue weighted by atomic mass is 9.94. The number of benzene rings is 1. The molecule has 0 N–H and O–H groups in total. The molecule has 2 aliphatic rings. The Labute approximate surface area is 187 Å². The smallest absolute Gasteiger partial charge is 0.272 e. The molecule has 2 fully saturated rings. The molecule has 4 rings (SSSR count). The molecule has 1 aromatic carbocycles. The zero-order valence-corrected chi connectivity index (χ0v) is 19.2. The number of carbonyl (C=O) groups excluding carboxylic acids is 2. The average Bonchev–Trinajstić information content (AvgIpc) is 3.22. The number of thioether (sulfide) groups is 1. The molecule has 166 valence electrons. The minimum absolute atomic E-state index is 0.0256. The summed E-state index contributed by atoms with van der Waals surface area (Å²) in [6, 6.07) is 9.83. The highest BCUT2D eigenvalue weighted by Crippen LogP contribution is 2.26. The number of imidazole rings is 1. The molecule has 2 atom stereocenters. The number of rotatable bonds is 4. The van der Waals surface area contributed by atoms with E-state index in [-0.39, 0.29) is 29.9 Å². The van der Waals surface area contributed by atoms with Crippen LogP contribution in [0, 0.1) is 5.92 Å². The van der Waals surface area contributed by atoms with Gasteiger partial charge in [-0.25, -0.2) is 4.98 Å². The van der Waals surface area contributed by atoms with E-state index in [0.717, 1.165) is 10.8 Å². The molecule has 2 unspecified atom stereocenters. The summed E-state index contributed by atoms with van der Waals surface area (Å²) in [4.78, 5) is 34.6. The van der Waals surface area contributed by atoms with Crippen LogP contribution in [0.5, 0.6) is 0 Å². The maximum Gasteiger partial charge on any atom is 0.272 e. The normalized spacial score (nSPS) is 22.5. The van der Waals surface area contributed by atoms with Gasteiger partial charge in [0.2, 0.25) is 5.91 Å². The van der Waals surface area contributed by atoms with E-state index in [9.17, 15) is 9.59 Å². The molecular weight excluding hydrogens is 412 g/mol. The topological polar surface area (TPSA) is 67.7 Å². The van der Waals surface area contributed by atoms with E-state index < -0.39 is 0 Å². The zero-order valence-electron chi connectivity index (χ0n) is 18.4. The van der Waals surface area contributed by atoms with Crippen molar-refractivity contribution < 1.29 is 14.3 Å². The largest absolute Gasteiger partial charge is 0.372 e. The van der Waals surface area contributed by atoms with E-state index in [1.54, 1.807) is 6.20 Å². The summed E-state index contributed by atoms with van der Waals surface area (Å²) in [5, 5.41) is 0.787. The number of amides is 2. The predicted molar refractivity (Wildman–Crippen MR) is 121 cm³/mol. The van der Waals surface area contributed by atoms with Crippen LogP contribution in [-0.4, -0.2) is 75.8 Å². The van der Waals surface area contributed by atoms with Gasteiger partial charge in [-0.2, -0.15) is 0 Å². The molecule has 2 saturated heterocycles. The minimum Gasteiger partial charge on any atom is -0.372 e. The molecule has 0 radical (unpaired) electrons. The van der Waals surface area contributed by atoms with Crippen LogP contribution in [0.15, 0.2) is 41.7 Å². The van der Waals surface area contributed by atoms with Gasteiger partial charge in [-0.1, -0.05) is 30.0 Å². The van der Waals surface area contributed by atoms with Crippen LogP contribution in [0.25, 0.3) is 5.69 Å². The van der Waals surface area contributed by atoms with Crippen molar-refractivity contribution in [2.24, 2.45) is 5.92 Å². The molecule has 0 spiro atoms. The third kappa shape index (κ3) is 4.65. The predicted octanol–water partition coefficient (Wildman–Crippen LogP) is 3.08. The number of carbonyl (C=O) groups is 2. The van der Waals surface area contributed by atoms with E-state index in [0.29, 0.717) is 44.7 Å². The molecular formula is C23H30N4O3S. The Bertz CT molecular complexity index is 914. The highest BCUT2D eigenvalue weighted by atomic mass is 32.2. The van der Waals surface area contributed by atoms with Gasteiger partial charge in [-0.05, 0) is 45.1 Å². The lowest BCUT2D eigenvalue weighted by Gasteiger charge is -2.39. The Morgan fingerprint density at radius 1 is 1.03 bits per heavy atom. The number of para-hydroxylation sites is 1. The Morgan fingerprint density at radius 2 is 1.68 bits per heavy atom. The van der Waals surface area contributed by atoms with E-state index in [2.05, 4.69) is 4.98 Å². The highest BCUT2D eigenvalue weighted by molar-refractivity contribution is 7.98. The second-order valence-electron chi connectivity index (χ2n) is 8.37. The quantitative estimate of drug-likeness (QED) is 0.681. The number of ether oxygens (including phenoxy) is 1. The van der Waals surface area contributed by atoms with Crippen molar-refractivity contribution >= 4 is 23.6 Å². The molecule has 2 aromatic rings. The maximum absolute atomic E-state index is 13.3. The molecule has 3 heterocycles. The summed E-state index contributed by atoms with van der Waals surface area (Å²) in [6.45, 7) is 6.48. The average molecular weight is 443 g/mol. The van der Waals surface area contributed by atoms with Crippen LogP contribution >= 0.6 is 11.8 Å². The third-order valence-corrected chi connectivity index (χ3v) is 6.66. The van der Waals surface area contributed by atoms with Crippen molar-refractivity contribution in [2.75, 3.05) is 32.4 Å². The molecule has 8 heteroatoms. The molecule has 7 nitrogen and oxygen atoms in total. The van der Waals surface area contributed by atoms with Gasteiger partial charge in [-0.15, -0.1) is 0 Å². The van der Waals surface area contributed by atoms with E-state index in [1.807, 2.05) is 64.8 Å². The van der Waals surface area contributed by atoms with Gasteiger partial charge in [0.1, 0.15) is 5.69 Å². The molecule has 2 amide bonds. The number of likely N-dealkylation sites (tertiary alicyclic amines) is 1. The first-order chi connectivity index (χ1) is 15.0. The van der Waals surface area contributed by atoms with Gasteiger partial charge in [0, 0.05) is 37.8 Å². The van der Waals surface area contributed by atoms with Gasteiger partial charge < -0.3 is 14.5 Å².